The fourth-order valence-corrected chi connectivity index (χ4v) is 2.15. The predicted octanol–water partition coefficient (Wildman–Crippen LogP) is 3.88. The maximum absolute atomic E-state index is 12.4. The maximum atomic E-state index is 12.4. The van der Waals surface area contributed by atoms with Gasteiger partial charge in [0, 0.05) is 40.1 Å². The summed E-state index contributed by atoms with van der Waals surface area (Å²) in [6.07, 6.45) is -3.43. The first-order valence-corrected chi connectivity index (χ1v) is 6.24. The third kappa shape index (κ3) is 3.31. The van der Waals surface area contributed by atoms with Crippen molar-refractivity contribution in [1.29, 1.82) is 0 Å². The number of benzene rings is 1. The number of fused-ring (bicyclic) bond motifs is 1. The molecule has 3 nitrogen and oxygen atoms in total. The quantitative estimate of drug-likeness (QED) is 0.840. The van der Waals surface area contributed by atoms with Gasteiger partial charge in [0.05, 0.1) is 6.42 Å². The first kappa shape index (κ1) is 14.4. The third-order valence-electron chi connectivity index (χ3n) is 3.01. The van der Waals surface area contributed by atoms with Crippen LogP contribution in [0.2, 0.25) is 0 Å². The third-order valence-corrected chi connectivity index (χ3v) is 3.01. The van der Waals surface area contributed by atoms with E-state index in [2.05, 4.69) is 10.3 Å². The Morgan fingerprint density at radius 1 is 1.30 bits per heavy atom. The van der Waals surface area contributed by atoms with Gasteiger partial charge in [0.2, 0.25) is 0 Å². The van der Waals surface area contributed by atoms with Crippen molar-refractivity contribution >= 4 is 22.1 Å². The average molecular weight is 283 g/mol. The molecule has 0 fully saturated rings. The minimum absolute atomic E-state index is 0.557. The van der Waals surface area contributed by atoms with Gasteiger partial charge in [0.25, 0.3) is 0 Å². The van der Waals surface area contributed by atoms with Crippen molar-refractivity contribution in [3.8, 4) is 0 Å². The van der Waals surface area contributed by atoms with E-state index in [1.54, 1.807) is 18.3 Å². The van der Waals surface area contributed by atoms with Crippen LogP contribution in [0.15, 0.2) is 24.4 Å². The van der Waals surface area contributed by atoms with Gasteiger partial charge >= 0.3 is 6.18 Å². The lowest BCUT2D eigenvalue weighted by Crippen LogP contribution is -2.24. The minimum Gasteiger partial charge on any atom is -0.398 e. The van der Waals surface area contributed by atoms with Crippen LogP contribution in [0.25, 0.3) is 10.8 Å². The zero-order valence-corrected chi connectivity index (χ0v) is 11.3. The first-order chi connectivity index (χ1) is 9.26. The van der Waals surface area contributed by atoms with E-state index in [1.807, 2.05) is 13.0 Å². The molecule has 0 bridgehead atoms. The summed E-state index contributed by atoms with van der Waals surface area (Å²) in [5.41, 5.74) is 7.84. The van der Waals surface area contributed by atoms with Gasteiger partial charge in [0.15, 0.2) is 0 Å². The number of rotatable bonds is 3. The topological polar surface area (TPSA) is 50.9 Å². The van der Waals surface area contributed by atoms with Crippen molar-refractivity contribution in [2.45, 2.75) is 32.5 Å². The lowest BCUT2D eigenvalue weighted by Gasteiger charge is -2.19. The van der Waals surface area contributed by atoms with Gasteiger partial charge in [-0.25, -0.2) is 0 Å². The van der Waals surface area contributed by atoms with Gasteiger partial charge in [-0.2, -0.15) is 13.2 Å². The lowest BCUT2D eigenvalue weighted by molar-refractivity contribution is -0.136. The number of pyridine rings is 1. The fraction of sp³-hybridized carbons (Fsp3) is 0.357. The normalized spacial score (nSPS) is 13.4. The summed E-state index contributed by atoms with van der Waals surface area (Å²) in [5, 5.41) is 4.41. The molecule has 0 aliphatic rings. The van der Waals surface area contributed by atoms with Gasteiger partial charge in [-0.1, -0.05) is 0 Å². The minimum atomic E-state index is -4.19. The van der Waals surface area contributed by atoms with Gasteiger partial charge in [-0.05, 0) is 32.0 Å². The smallest absolute Gasteiger partial charge is 0.391 e. The molecule has 2 aromatic rings. The first-order valence-electron chi connectivity index (χ1n) is 6.24. The molecule has 0 spiro atoms. The summed E-state index contributed by atoms with van der Waals surface area (Å²) in [6.45, 7) is 3.33. The van der Waals surface area contributed by atoms with Crippen LogP contribution in [0.5, 0.6) is 0 Å². The van der Waals surface area contributed by atoms with E-state index in [1.165, 1.54) is 6.92 Å². The van der Waals surface area contributed by atoms with E-state index in [4.69, 9.17) is 5.73 Å². The molecule has 0 aliphatic carbocycles. The zero-order valence-electron chi connectivity index (χ0n) is 11.3. The molecule has 1 aromatic carbocycles. The summed E-state index contributed by atoms with van der Waals surface area (Å²) in [5.74, 6) is 0. The van der Waals surface area contributed by atoms with Crippen molar-refractivity contribution in [2.75, 3.05) is 11.1 Å². The number of nitrogen functional groups attached to an aromatic ring is 1. The molecule has 0 aliphatic heterocycles. The number of anilines is 2. The molecule has 1 heterocycles. The molecule has 0 saturated carbocycles. The number of aromatic nitrogens is 1. The molecule has 20 heavy (non-hydrogen) atoms. The molecule has 3 N–H and O–H groups in total. The number of hydrogen-bond donors (Lipinski definition) is 2. The summed E-state index contributed by atoms with van der Waals surface area (Å²) in [6, 6.07) is 4.47. The molecule has 0 amide bonds. The van der Waals surface area contributed by atoms with E-state index in [-0.39, 0.29) is 0 Å². The number of hydrogen-bond acceptors (Lipinski definition) is 3. The van der Waals surface area contributed by atoms with Crippen molar-refractivity contribution in [2.24, 2.45) is 0 Å². The molecule has 1 unspecified atom stereocenters. The summed E-state index contributed by atoms with van der Waals surface area (Å²) in [7, 11) is 0. The molecule has 1 aromatic heterocycles. The van der Waals surface area contributed by atoms with E-state index >= 15 is 0 Å². The van der Waals surface area contributed by atoms with Crippen LogP contribution in [-0.4, -0.2) is 17.2 Å². The van der Waals surface area contributed by atoms with Crippen LogP contribution in [0.1, 0.15) is 19.0 Å². The van der Waals surface area contributed by atoms with Crippen LogP contribution in [0.3, 0.4) is 0 Å². The molecular weight excluding hydrogens is 267 g/mol. The van der Waals surface area contributed by atoms with Crippen molar-refractivity contribution in [3.63, 3.8) is 0 Å². The predicted molar refractivity (Wildman–Crippen MR) is 74.6 cm³/mol. The summed E-state index contributed by atoms with van der Waals surface area (Å²) in [4.78, 5) is 4.16. The Hall–Kier alpha value is -1.98. The highest BCUT2D eigenvalue weighted by atomic mass is 19.4. The Labute approximate surface area is 115 Å². The lowest BCUT2D eigenvalue weighted by atomic mass is 10.1. The largest absolute Gasteiger partial charge is 0.398 e. The van der Waals surface area contributed by atoms with Gasteiger partial charge in [-0.3, -0.25) is 4.98 Å². The molecule has 1 atom stereocenters. The van der Waals surface area contributed by atoms with Crippen LogP contribution in [0.4, 0.5) is 24.5 Å². The Bertz CT molecular complexity index is 623. The fourth-order valence-electron chi connectivity index (χ4n) is 2.15. The van der Waals surface area contributed by atoms with E-state index in [0.29, 0.717) is 11.4 Å². The van der Waals surface area contributed by atoms with E-state index < -0.39 is 18.6 Å². The Morgan fingerprint density at radius 2 is 2.00 bits per heavy atom. The molecular formula is C14H16F3N3. The van der Waals surface area contributed by atoms with E-state index in [9.17, 15) is 13.2 Å². The molecule has 6 heteroatoms. The second kappa shape index (κ2) is 5.19. The summed E-state index contributed by atoms with van der Waals surface area (Å²) >= 11 is 0. The van der Waals surface area contributed by atoms with Crippen LogP contribution in [-0.2, 0) is 0 Å². The summed E-state index contributed by atoms with van der Waals surface area (Å²) < 4.78 is 37.1. The van der Waals surface area contributed by atoms with Crippen molar-refractivity contribution in [1.82, 2.24) is 4.98 Å². The second-order valence-corrected chi connectivity index (χ2v) is 4.94. The highest BCUT2D eigenvalue weighted by Crippen LogP contribution is 2.30. The Balaban J connectivity index is 2.35. The van der Waals surface area contributed by atoms with Crippen LogP contribution in [0, 0.1) is 6.92 Å². The maximum Gasteiger partial charge on any atom is 0.391 e. The van der Waals surface area contributed by atoms with Crippen LogP contribution >= 0.6 is 0 Å². The number of nitrogens with two attached hydrogens (primary N) is 1. The molecule has 108 valence electrons. The number of aryl methyl sites for hydroxylation is 1. The van der Waals surface area contributed by atoms with Gasteiger partial charge < -0.3 is 11.1 Å². The standard InChI is InChI=1S/C14H16F3N3/c1-8-5-10-11(7-19-8)12(18)3-4-13(10)20-9(2)6-14(15,16)17/h3-5,7,9,20H,6,18H2,1-2H3. The highest BCUT2D eigenvalue weighted by molar-refractivity contribution is 6.00. The van der Waals surface area contributed by atoms with Crippen LogP contribution < -0.4 is 11.1 Å². The number of halogens is 3. The number of alkyl halides is 3. The van der Waals surface area contributed by atoms with Gasteiger partial charge in [-0.15, -0.1) is 0 Å². The molecule has 0 radical (unpaired) electrons. The molecule has 2 rings (SSSR count). The number of nitrogens with zero attached hydrogens (tertiary/aromatic N) is 1. The monoisotopic (exact) mass is 283 g/mol. The molecule has 0 saturated heterocycles. The zero-order chi connectivity index (χ0) is 14.9. The van der Waals surface area contributed by atoms with E-state index in [0.717, 1.165) is 16.5 Å². The van der Waals surface area contributed by atoms with Crippen molar-refractivity contribution in [3.05, 3.63) is 30.1 Å². The highest BCUT2D eigenvalue weighted by Gasteiger charge is 2.30. The van der Waals surface area contributed by atoms with Gasteiger partial charge in [0.1, 0.15) is 0 Å². The SMILES string of the molecule is Cc1cc2c(NC(C)CC(F)(F)F)ccc(N)c2cn1. The average Bonchev–Trinajstić information content (AvgIpc) is 2.30. The Kier molecular flexibility index (Phi) is 3.74. The second-order valence-electron chi connectivity index (χ2n) is 4.94. The Morgan fingerprint density at radius 3 is 2.65 bits per heavy atom. The van der Waals surface area contributed by atoms with Crippen molar-refractivity contribution < 1.29 is 13.2 Å². The number of nitrogens with one attached hydrogen (secondary N) is 1.